The number of fused-ring (bicyclic) bond motifs is 1. The van der Waals surface area contributed by atoms with Gasteiger partial charge in [0.15, 0.2) is 11.5 Å². The fourth-order valence-electron chi connectivity index (χ4n) is 2.42. The van der Waals surface area contributed by atoms with Crippen LogP contribution in [-0.2, 0) is 16.4 Å². The van der Waals surface area contributed by atoms with Crippen molar-refractivity contribution in [2.75, 3.05) is 18.9 Å². The van der Waals surface area contributed by atoms with Crippen LogP contribution in [0.15, 0.2) is 18.2 Å². The second kappa shape index (κ2) is 7.24. The van der Waals surface area contributed by atoms with Crippen molar-refractivity contribution in [3.63, 3.8) is 0 Å². The van der Waals surface area contributed by atoms with Gasteiger partial charge >= 0.3 is 0 Å². The topological polar surface area (TPSA) is 64.6 Å². The average Bonchev–Trinajstić information content (AvgIpc) is 2.77. The van der Waals surface area contributed by atoms with Gasteiger partial charge in [0.1, 0.15) is 12.2 Å². The van der Waals surface area contributed by atoms with E-state index < -0.39 is 10.0 Å². The summed E-state index contributed by atoms with van der Waals surface area (Å²) < 4.78 is 36.9. The van der Waals surface area contributed by atoms with E-state index in [1.54, 1.807) is 0 Å². The van der Waals surface area contributed by atoms with Gasteiger partial charge in [-0.25, -0.2) is 13.1 Å². The number of para-hydroxylation sites is 1. The highest BCUT2D eigenvalue weighted by Gasteiger charge is 2.32. The van der Waals surface area contributed by atoms with Crippen molar-refractivity contribution in [1.29, 1.82) is 0 Å². The molecule has 0 amide bonds. The van der Waals surface area contributed by atoms with E-state index in [4.69, 9.17) is 9.47 Å². The molecule has 126 valence electrons. The van der Waals surface area contributed by atoms with Gasteiger partial charge in [-0.05, 0) is 26.3 Å². The summed E-state index contributed by atoms with van der Waals surface area (Å²) in [4.78, 5) is 0. The molecule has 0 radical (unpaired) electrons. The lowest BCUT2D eigenvalue weighted by Crippen LogP contribution is -2.26. The molecule has 0 atom stereocenters. The second-order valence-electron chi connectivity index (χ2n) is 6.07. The molecular formula is C17H23NO4S. The number of nitrogens with one attached hydrogen (secondary N) is 1. The zero-order valence-corrected chi connectivity index (χ0v) is 14.6. The highest BCUT2D eigenvalue weighted by atomic mass is 32.2. The van der Waals surface area contributed by atoms with Crippen molar-refractivity contribution in [2.45, 2.75) is 39.2 Å². The molecule has 1 aliphatic rings. The van der Waals surface area contributed by atoms with Crippen LogP contribution >= 0.6 is 0 Å². The molecule has 1 aromatic rings. The summed E-state index contributed by atoms with van der Waals surface area (Å²) in [6.07, 6.45) is 1.44. The Hall–Kier alpha value is -1.71. The predicted molar refractivity (Wildman–Crippen MR) is 90.2 cm³/mol. The van der Waals surface area contributed by atoms with Crippen LogP contribution in [-0.4, -0.2) is 32.9 Å². The van der Waals surface area contributed by atoms with E-state index in [-0.39, 0.29) is 24.5 Å². The zero-order valence-electron chi connectivity index (χ0n) is 13.8. The van der Waals surface area contributed by atoms with Crippen LogP contribution in [0.1, 0.15) is 32.8 Å². The van der Waals surface area contributed by atoms with Crippen molar-refractivity contribution in [3.05, 3.63) is 23.8 Å². The van der Waals surface area contributed by atoms with Crippen LogP contribution in [0, 0.1) is 11.8 Å². The van der Waals surface area contributed by atoms with Crippen LogP contribution in [0.3, 0.4) is 0 Å². The summed E-state index contributed by atoms with van der Waals surface area (Å²) in [7, 11) is -3.21. The Bertz CT molecular complexity index is 714. The van der Waals surface area contributed by atoms with Crippen molar-refractivity contribution in [2.24, 2.45) is 0 Å². The Kier molecular flexibility index (Phi) is 5.55. The molecule has 0 fully saturated rings. The minimum absolute atomic E-state index is 0.0993. The average molecular weight is 337 g/mol. The summed E-state index contributed by atoms with van der Waals surface area (Å²) in [5.74, 6) is 7.13. The molecule has 0 saturated heterocycles. The van der Waals surface area contributed by atoms with Crippen LogP contribution in [0.5, 0.6) is 11.5 Å². The zero-order chi connectivity index (χ0) is 16.9. The lowest BCUT2D eigenvalue weighted by Gasteiger charge is -2.17. The Balaban J connectivity index is 1.85. The summed E-state index contributed by atoms with van der Waals surface area (Å²) in [6, 6.07) is 5.82. The van der Waals surface area contributed by atoms with Gasteiger partial charge in [0, 0.05) is 12.0 Å². The van der Waals surface area contributed by atoms with E-state index in [0.29, 0.717) is 12.2 Å². The van der Waals surface area contributed by atoms with Crippen molar-refractivity contribution < 1.29 is 17.9 Å². The highest BCUT2D eigenvalue weighted by molar-refractivity contribution is 7.89. The summed E-state index contributed by atoms with van der Waals surface area (Å²) in [5, 5.41) is 0. The Morgan fingerprint density at radius 3 is 2.87 bits per heavy atom. The van der Waals surface area contributed by atoms with E-state index in [1.165, 1.54) is 0 Å². The number of hydrogen-bond acceptors (Lipinski definition) is 4. The summed E-state index contributed by atoms with van der Waals surface area (Å²) in [5.41, 5.74) is 0.915. The molecule has 0 aliphatic carbocycles. The third kappa shape index (κ3) is 5.15. The van der Waals surface area contributed by atoms with Gasteiger partial charge in [-0.1, -0.05) is 30.9 Å². The minimum atomic E-state index is -3.21. The molecule has 23 heavy (non-hydrogen) atoms. The Morgan fingerprint density at radius 1 is 1.35 bits per heavy atom. The molecule has 6 heteroatoms. The Labute approximate surface area is 138 Å². The molecule has 0 bridgehead atoms. The van der Waals surface area contributed by atoms with E-state index in [1.807, 2.05) is 39.0 Å². The molecular weight excluding hydrogens is 314 g/mol. The molecule has 1 aliphatic heterocycles. The van der Waals surface area contributed by atoms with E-state index in [9.17, 15) is 8.42 Å². The molecule has 0 saturated carbocycles. The number of sulfonamides is 1. The van der Waals surface area contributed by atoms with Gasteiger partial charge in [0.2, 0.25) is 10.0 Å². The van der Waals surface area contributed by atoms with Gasteiger partial charge in [-0.15, -0.1) is 0 Å². The van der Waals surface area contributed by atoms with E-state index in [2.05, 4.69) is 16.6 Å². The molecule has 1 aromatic carbocycles. The highest BCUT2D eigenvalue weighted by Crippen LogP contribution is 2.41. The Morgan fingerprint density at radius 2 is 2.13 bits per heavy atom. The molecule has 0 aromatic heterocycles. The SMILES string of the molecule is CCCS(=O)(=O)NCC#CCOc1cccc2c1OC(C)(C)C2. The first-order chi connectivity index (χ1) is 10.8. The maximum atomic E-state index is 11.4. The normalized spacial score (nSPS) is 15.3. The lowest BCUT2D eigenvalue weighted by atomic mass is 10.0. The third-order valence-corrected chi connectivity index (χ3v) is 4.86. The number of rotatable bonds is 6. The summed E-state index contributed by atoms with van der Waals surface area (Å²) >= 11 is 0. The summed E-state index contributed by atoms with van der Waals surface area (Å²) in [6.45, 7) is 6.19. The van der Waals surface area contributed by atoms with Crippen molar-refractivity contribution in [3.8, 4) is 23.3 Å². The number of hydrogen-bond donors (Lipinski definition) is 1. The van der Waals surface area contributed by atoms with Crippen LogP contribution in [0.4, 0.5) is 0 Å². The fraction of sp³-hybridized carbons (Fsp3) is 0.529. The van der Waals surface area contributed by atoms with Crippen LogP contribution in [0.25, 0.3) is 0 Å². The van der Waals surface area contributed by atoms with Crippen LogP contribution < -0.4 is 14.2 Å². The monoisotopic (exact) mass is 337 g/mol. The molecule has 2 rings (SSSR count). The van der Waals surface area contributed by atoms with Crippen molar-refractivity contribution in [1.82, 2.24) is 4.72 Å². The molecule has 0 unspecified atom stereocenters. The predicted octanol–water partition coefficient (Wildman–Crippen LogP) is 2.11. The number of ether oxygens (including phenoxy) is 2. The first-order valence-corrected chi connectivity index (χ1v) is 9.35. The first kappa shape index (κ1) is 17.6. The largest absolute Gasteiger partial charge is 0.483 e. The van der Waals surface area contributed by atoms with Crippen LogP contribution in [0.2, 0.25) is 0 Å². The molecule has 0 spiro atoms. The van der Waals surface area contributed by atoms with Gasteiger partial charge in [-0.3, -0.25) is 0 Å². The molecule has 5 nitrogen and oxygen atoms in total. The first-order valence-electron chi connectivity index (χ1n) is 7.70. The van der Waals surface area contributed by atoms with Gasteiger partial charge in [0.05, 0.1) is 12.3 Å². The molecule has 1 N–H and O–H groups in total. The van der Waals surface area contributed by atoms with Gasteiger partial charge in [-0.2, -0.15) is 0 Å². The standard InChI is InChI=1S/C17H23NO4S/c1-4-12-23(19,20)18-10-5-6-11-21-15-9-7-8-14-13-17(2,3)22-16(14)15/h7-9,18H,4,10-13H2,1-3H3. The van der Waals surface area contributed by atoms with Crippen molar-refractivity contribution >= 4 is 10.0 Å². The lowest BCUT2D eigenvalue weighted by molar-refractivity contribution is 0.133. The number of benzene rings is 1. The van der Waals surface area contributed by atoms with E-state index >= 15 is 0 Å². The quantitative estimate of drug-likeness (QED) is 0.808. The third-order valence-electron chi connectivity index (χ3n) is 3.33. The second-order valence-corrected chi connectivity index (χ2v) is 7.99. The maximum absolute atomic E-state index is 11.4. The van der Waals surface area contributed by atoms with Gasteiger partial charge < -0.3 is 9.47 Å². The van der Waals surface area contributed by atoms with E-state index in [0.717, 1.165) is 17.7 Å². The maximum Gasteiger partial charge on any atom is 0.212 e. The molecule has 1 heterocycles. The minimum Gasteiger partial charge on any atom is -0.483 e. The fourth-order valence-corrected chi connectivity index (χ4v) is 3.39. The van der Waals surface area contributed by atoms with Gasteiger partial charge in [0.25, 0.3) is 0 Å². The smallest absolute Gasteiger partial charge is 0.212 e.